The number of amides is 2. The first-order valence-corrected chi connectivity index (χ1v) is 11.4. The number of aliphatic hydroxyl groups is 1. The van der Waals surface area contributed by atoms with Crippen LogP contribution < -0.4 is 0 Å². The first-order valence-electron chi connectivity index (χ1n) is 11.4. The second-order valence-corrected chi connectivity index (χ2v) is 8.89. The lowest BCUT2D eigenvalue weighted by Crippen LogP contribution is -2.73. The van der Waals surface area contributed by atoms with Crippen LogP contribution in [0.2, 0.25) is 0 Å². The first kappa shape index (κ1) is 21.9. The van der Waals surface area contributed by atoms with Gasteiger partial charge in [-0.1, -0.05) is 66.7 Å². The zero-order valence-corrected chi connectivity index (χ0v) is 18.7. The van der Waals surface area contributed by atoms with E-state index in [-0.39, 0.29) is 49.4 Å². The molecule has 170 valence electrons. The van der Waals surface area contributed by atoms with Gasteiger partial charge in [0.15, 0.2) is 0 Å². The van der Waals surface area contributed by atoms with Crippen LogP contribution in [0.1, 0.15) is 22.6 Å². The van der Waals surface area contributed by atoms with E-state index in [9.17, 15) is 14.7 Å². The van der Waals surface area contributed by atoms with Crippen LogP contribution in [0.4, 0.5) is 0 Å². The fraction of sp³-hybridized carbons (Fsp3) is 0.250. The summed E-state index contributed by atoms with van der Waals surface area (Å²) < 4.78 is 0. The van der Waals surface area contributed by atoms with Crippen molar-refractivity contribution < 1.29 is 14.7 Å². The van der Waals surface area contributed by atoms with Crippen molar-refractivity contribution >= 4 is 11.8 Å². The molecule has 2 amide bonds. The number of benzene rings is 3. The predicted molar refractivity (Wildman–Crippen MR) is 128 cm³/mol. The summed E-state index contributed by atoms with van der Waals surface area (Å²) >= 11 is 0. The summed E-state index contributed by atoms with van der Waals surface area (Å²) in [7, 11) is 0. The standard InChI is InChI=1S/C28H25N3O3/c29-15-20-6-8-21(9-7-20)22-10-12-23(13-11-22)28-24-16-30(17-27(34)31(24)25(28)18-32)26(33)14-19-4-2-1-3-5-19/h1-13,24-25,28,32H,14,16-18H2/t24-,25+,28-/m1/s1. The van der Waals surface area contributed by atoms with Gasteiger partial charge in [-0.25, -0.2) is 0 Å². The van der Waals surface area contributed by atoms with Crippen LogP contribution in [0.5, 0.6) is 0 Å². The molecule has 0 unspecified atom stereocenters. The van der Waals surface area contributed by atoms with E-state index < -0.39 is 0 Å². The second-order valence-electron chi connectivity index (χ2n) is 8.89. The quantitative estimate of drug-likeness (QED) is 0.646. The number of hydrogen-bond acceptors (Lipinski definition) is 4. The smallest absolute Gasteiger partial charge is 0.242 e. The molecule has 2 aliphatic rings. The maximum Gasteiger partial charge on any atom is 0.242 e. The average molecular weight is 452 g/mol. The molecular formula is C28H25N3O3. The van der Waals surface area contributed by atoms with Crippen molar-refractivity contribution in [3.05, 3.63) is 95.6 Å². The highest BCUT2D eigenvalue weighted by Crippen LogP contribution is 2.43. The third kappa shape index (κ3) is 3.95. The van der Waals surface area contributed by atoms with E-state index >= 15 is 0 Å². The highest BCUT2D eigenvalue weighted by Gasteiger charge is 2.54. The zero-order valence-electron chi connectivity index (χ0n) is 18.7. The molecule has 2 aliphatic heterocycles. The number of nitriles is 1. The van der Waals surface area contributed by atoms with Crippen molar-refractivity contribution in [3.8, 4) is 17.2 Å². The van der Waals surface area contributed by atoms with Gasteiger partial charge in [0.1, 0.15) is 0 Å². The number of aliphatic hydroxyl groups excluding tert-OH is 1. The molecule has 0 bridgehead atoms. The summed E-state index contributed by atoms with van der Waals surface area (Å²) in [4.78, 5) is 29.2. The number of carbonyl (C=O) groups is 2. The van der Waals surface area contributed by atoms with Gasteiger partial charge in [0.2, 0.25) is 11.8 Å². The molecule has 3 atom stereocenters. The van der Waals surface area contributed by atoms with Crippen molar-refractivity contribution in [1.29, 1.82) is 5.26 Å². The van der Waals surface area contributed by atoms with Crippen LogP contribution >= 0.6 is 0 Å². The molecule has 0 aromatic heterocycles. The molecule has 6 heteroatoms. The molecule has 34 heavy (non-hydrogen) atoms. The molecule has 2 saturated heterocycles. The van der Waals surface area contributed by atoms with E-state index in [1.165, 1.54) is 0 Å². The minimum absolute atomic E-state index is 0.0312. The first-order chi connectivity index (χ1) is 16.6. The Bertz CT molecular complexity index is 1230. The monoisotopic (exact) mass is 451 g/mol. The molecular weight excluding hydrogens is 426 g/mol. The Hall–Kier alpha value is -3.95. The van der Waals surface area contributed by atoms with Crippen LogP contribution in [-0.2, 0) is 16.0 Å². The Morgan fingerprint density at radius 2 is 1.62 bits per heavy atom. The van der Waals surface area contributed by atoms with Crippen molar-refractivity contribution in [2.24, 2.45) is 0 Å². The lowest BCUT2D eigenvalue weighted by molar-refractivity contribution is -0.166. The molecule has 6 nitrogen and oxygen atoms in total. The van der Waals surface area contributed by atoms with Gasteiger partial charge in [-0.15, -0.1) is 0 Å². The largest absolute Gasteiger partial charge is 0.394 e. The number of carbonyl (C=O) groups excluding carboxylic acids is 2. The summed E-state index contributed by atoms with van der Waals surface area (Å²) in [6.45, 7) is 0.418. The lowest BCUT2D eigenvalue weighted by atomic mass is 9.73. The van der Waals surface area contributed by atoms with Gasteiger partial charge >= 0.3 is 0 Å². The van der Waals surface area contributed by atoms with Gasteiger partial charge in [-0.05, 0) is 34.4 Å². The maximum atomic E-state index is 12.9. The average Bonchev–Trinajstić information content (AvgIpc) is 2.86. The Morgan fingerprint density at radius 3 is 2.24 bits per heavy atom. The fourth-order valence-corrected chi connectivity index (χ4v) is 5.21. The molecule has 0 saturated carbocycles. The van der Waals surface area contributed by atoms with Gasteiger partial charge in [0.05, 0.1) is 43.3 Å². The summed E-state index contributed by atoms with van der Waals surface area (Å²) in [6.07, 6.45) is 0.272. The molecule has 3 aromatic carbocycles. The van der Waals surface area contributed by atoms with Gasteiger partial charge in [-0.3, -0.25) is 9.59 Å². The van der Waals surface area contributed by atoms with E-state index in [1.54, 1.807) is 21.9 Å². The van der Waals surface area contributed by atoms with Crippen molar-refractivity contribution in [2.45, 2.75) is 24.4 Å². The van der Waals surface area contributed by atoms with E-state index in [4.69, 9.17) is 5.26 Å². The molecule has 0 aliphatic carbocycles. The maximum absolute atomic E-state index is 12.9. The third-order valence-electron chi connectivity index (χ3n) is 6.95. The van der Waals surface area contributed by atoms with E-state index in [2.05, 4.69) is 6.07 Å². The Balaban J connectivity index is 1.34. The van der Waals surface area contributed by atoms with Crippen molar-refractivity contribution in [1.82, 2.24) is 9.80 Å². The van der Waals surface area contributed by atoms with Crippen molar-refractivity contribution in [3.63, 3.8) is 0 Å². The highest BCUT2D eigenvalue weighted by atomic mass is 16.3. The number of rotatable bonds is 5. The minimum atomic E-state index is -0.273. The van der Waals surface area contributed by atoms with Crippen LogP contribution in [0, 0.1) is 11.3 Å². The molecule has 5 rings (SSSR count). The topological polar surface area (TPSA) is 84.6 Å². The Morgan fingerprint density at radius 1 is 0.971 bits per heavy atom. The van der Waals surface area contributed by atoms with E-state index in [0.717, 1.165) is 22.3 Å². The molecule has 3 aromatic rings. The number of fused-ring (bicyclic) bond motifs is 1. The van der Waals surface area contributed by atoms with Gasteiger partial charge in [-0.2, -0.15) is 5.26 Å². The van der Waals surface area contributed by atoms with E-state index in [1.807, 2.05) is 66.7 Å². The van der Waals surface area contributed by atoms with Gasteiger partial charge in [0.25, 0.3) is 0 Å². The molecule has 0 radical (unpaired) electrons. The second kappa shape index (κ2) is 9.12. The van der Waals surface area contributed by atoms with Crippen LogP contribution in [0.3, 0.4) is 0 Å². The molecule has 0 spiro atoms. The Kier molecular flexibility index (Phi) is 5.87. The van der Waals surface area contributed by atoms with Gasteiger partial charge < -0.3 is 14.9 Å². The van der Waals surface area contributed by atoms with Crippen LogP contribution in [0.15, 0.2) is 78.9 Å². The highest BCUT2D eigenvalue weighted by molar-refractivity contribution is 5.88. The summed E-state index contributed by atoms with van der Waals surface area (Å²) in [6, 6.07) is 26.8. The lowest BCUT2D eigenvalue weighted by Gasteiger charge is -2.58. The predicted octanol–water partition coefficient (Wildman–Crippen LogP) is 2.97. The molecule has 2 heterocycles. The molecule has 1 N–H and O–H groups in total. The summed E-state index contributed by atoms with van der Waals surface area (Å²) in [5, 5.41) is 19.0. The fourth-order valence-electron chi connectivity index (χ4n) is 5.21. The summed E-state index contributed by atoms with van der Waals surface area (Å²) in [5.41, 5.74) is 4.64. The summed E-state index contributed by atoms with van der Waals surface area (Å²) in [5.74, 6) is -0.194. The number of nitrogens with zero attached hydrogens (tertiary/aromatic N) is 3. The zero-order chi connectivity index (χ0) is 23.7. The SMILES string of the molecule is N#Cc1ccc(-c2ccc([C@@H]3[C@H]4CN(C(=O)Cc5ccccc5)CC(=O)N4[C@H]3CO)cc2)cc1. The number of piperazine rings is 1. The van der Waals surface area contributed by atoms with Gasteiger partial charge in [0, 0.05) is 12.5 Å². The van der Waals surface area contributed by atoms with Crippen molar-refractivity contribution in [2.75, 3.05) is 19.7 Å². The van der Waals surface area contributed by atoms with Crippen LogP contribution in [-0.4, -0.2) is 58.5 Å². The van der Waals surface area contributed by atoms with E-state index in [0.29, 0.717) is 12.1 Å². The minimum Gasteiger partial charge on any atom is -0.394 e. The number of hydrogen-bond donors (Lipinski definition) is 1. The third-order valence-corrected chi connectivity index (χ3v) is 6.95. The Labute approximate surface area is 198 Å². The molecule has 2 fully saturated rings. The normalized spacial score (nSPS) is 21.4. The van der Waals surface area contributed by atoms with Crippen LogP contribution in [0.25, 0.3) is 11.1 Å².